The molecule has 1 unspecified atom stereocenters. The zero-order chi connectivity index (χ0) is 16.7. The Morgan fingerprint density at radius 3 is 2.92 bits per heavy atom. The number of nitrogens with two attached hydrogens (primary N) is 1. The molecule has 1 aliphatic rings. The van der Waals surface area contributed by atoms with Crippen molar-refractivity contribution < 1.29 is 8.81 Å². The quantitative estimate of drug-likeness (QED) is 0.620. The van der Waals surface area contributed by atoms with Crippen LogP contribution in [0.15, 0.2) is 47.1 Å². The minimum absolute atomic E-state index is 0.0736. The summed E-state index contributed by atoms with van der Waals surface area (Å²) in [5, 5.41) is 12.5. The number of halogens is 1. The van der Waals surface area contributed by atoms with Gasteiger partial charge >= 0.3 is 0 Å². The first-order valence-electron chi connectivity index (χ1n) is 7.25. The van der Waals surface area contributed by atoms with Gasteiger partial charge in [0.25, 0.3) is 0 Å². The summed E-state index contributed by atoms with van der Waals surface area (Å²) < 4.78 is 20.0. The maximum atomic E-state index is 13.3. The molecule has 9 heteroatoms. The molecule has 0 aliphatic carbocycles. The van der Waals surface area contributed by atoms with Gasteiger partial charge in [0.2, 0.25) is 11.6 Å². The van der Waals surface area contributed by atoms with Crippen LogP contribution in [0, 0.1) is 11.2 Å². The minimum atomic E-state index is -0.484. The third-order valence-electron chi connectivity index (χ3n) is 3.70. The summed E-state index contributed by atoms with van der Waals surface area (Å²) in [6.45, 7) is 0. The van der Waals surface area contributed by atoms with Gasteiger partial charge in [-0.3, -0.25) is 5.41 Å². The Balaban J connectivity index is 1.67. The second kappa shape index (κ2) is 5.46. The molecule has 0 radical (unpaired) electrons. The zero-order valence-corrected chi connectivity index (χ0v) is 12.5. The predicted octanol–water partition coefficient (Wildman–Crippen LogP) is 1.02. The Morgan fingerprint density at radius 1 is 1.29 bits per heavy atom. The van der Waals surface area contributed by atoms with E-state index in [2.05, 4.69) is 15.3 Å². The third kappa shape index (κ3) is 2.40. The molecule has 2 aromatic heterocycles. The summed E-state index contributed by atoms with van der Waals surface area (Å²) in [6, 6.07) is 9.73. The van der Waals surface area contributed by atoms with Gasteiger partial charge in [0.05, 0.1) is 6.26 Å². The fraction of sp³-hybridized carbons (Fsp3) is 0.133. The molecule has 0 fully saturated rings. The minimum Gasteiger partial charge on any atom is -0.465 e. The van der Waals surface area contributed by atoms with Crippen LogP contribution >= 0.6 is 0 Å². The van der Waals surface area contributed by atoms with E-state index in [1.165, 1.54) is 21.9 Å². The Hall–Kier alpha value is -3.20. The number of furan rings is 1. The average molecular weight is 327 g/mol. The van der Waals surface area contributed by atoms with E-state index in [-0.39, 0.29) is 11.4 Å². The molecule has 0 saturated carbocycles. The van der Waals surface area contributed by atoms with E-state index in [0.717, 1.165) is 5.56 Å². The molecule has 1 aliphatic heterocycles. The number of nitrogens with one attached hydrogen (secondary N) is 2. The van der Waals surface area contributed by atoms with Crippen molar-refractivity contribution in [2.24, 2.45) is 5.84 Å². The van der Waals surface area contributed by atoms with Gasteiger partial charge in [0.1, 0.15) is 17.4 Å². The van der Waals surface area contributed by atoms with Crippen LogP contribution in [-0.4, -0.2) is 14.6 Å². The molecule has 0 bridgehead atoms. The highest BCUT2D eigenvalue weighted by atomic mass is 19.1. The molecular weight excluding hydrogens is 313 g/mol. The van der Waals surface area contributed by atoms with Gasteiger partial charge in [-0.1, -0.05) is 12.1 Å². The molecule has 0 saturated heterocycles. The molecule has 1 atom stereocenters. The Morgan fingerprint density at radius 2 is 2.17 bits per heavy atom. The Bertz CT molecular complexity index is 937. The summed E-state index contributed by atoms with van der Waals surface area (Å²) in [5.74, 6) is 7.08. The molecule has 24 heavy (non-hydrogen) atoms. The number of hydrogen-bond acceptors (Lipinski definition) is 7. The van der Waals surface area contributed by atoms with Crippen molar-refractivity contribution in [2.45, 2.75) is 12.6 Å². The molecule has 0 amide bonds. The molecular formula is C15H14FN7O. The molecule has 3 aromatic rings. The smallest absolute Gasteiger partial charge is 0.247 e. The van der Waals surface area contributed by atoms with Crippen LogP contribution in [0.4, 0.5) is 10.3 Å². The maximum Gasteiger partial charge on any atom is 0.247 e. The topological polar surface area (TPSA) is 109 Å². The highest BCUT2D eigenvalue weighted by Crippen LogP contribution is 2.25. The van der Waals surface area contributed by atoms with Crippen molar-refractivity contribution in [3.05, 3.63) is 71.2 Å². The maximum absolute atomic E-state index is 13.3. The van der Waals surface area contributed by atoms with Crippen molar-refractivity contribution in [1.82, 2.24) is 14.6 Å². The van der Waals surface area contributed by atoms with Gasteiger partial charge in [0.15, 0.2) is 6.17 Å². The third-order valence-corrected chi connectivity index (χ3v) is 3.70. The van der Waals surface area contributed by atoms with Crippen molar-refractivity contribution in [1.29, 1.82) is 5.41 Å². The first kappa shape index (κ1) is 14.4. The first-order chi connectivity index (χ1) is 11.6. The van der Waals surface area contributed by atoms with E-state index < -0.39 is 6.17 Å². The lowest BCUT2D eigenvalue weighted by Gasteiger charge is -2.18. The number of nitrogens with zero attached hydrogens (tertiary/aromatic N) is 4. The average Bonchev–Trinajstić information content (AvgIpc) is 3.15. The Kier molecular flexibility index (Phi) is 3.28. The lowest BCUT2D eigenvalue weighted by Crippen LogP contribution is -2.47. The van der Waals surface area contributed by atoms with Crippen LogP contribution in [0.3, 0.4) is 0 Å². The predicted molar refractivity (Wildman–Crippen MR) is 82.6 cm³/mol. The molecule has 122 valence electrons. The second-order valence-electron chi connectivity index (χ2n) is 5.35. The first-order valence-corrected chi connectivity index (χ1v) is 7.25. The van der Waals surface area contributed by atoms with Gasteiger partial charge in [-0.2, -0.15) is 14.6 Å². The number of fused-ring (bicyclic) bond motifs is 1. The van der Waals surface area contributed by atoms with Crippen LogP contribution < -0.4 is 21.9 Å². The normalized spacial score (nSPS) is 16.1. The van der Waals surface area contributed by atoms with Gasteiger partial charge in [-0.05, 0) is 29.8 Å². The number of hydrazine groups is 1. The van der Waals surface area contributed by atoms with E-state index in [9.17, 15) is 4.39 Å². The van der Waals surface area contributed by atoms with E-state index in [1.807, 2.05) is 0 Å². The summed E-state index contributed by atoms with van der Waals surface area (Å²) in [5.41, 5.74) is 0.653. The molecule has 1 aromatic carbocycles. The molecule has 4 rings (SSSR count). The summed E-state index contributed by atoms with van der Waals surface area (Å²) in [4.78, 5) is 8.52. The van der Waals surface area contributed by atoms with Crippen LogP contribution in [0.1, 0.15) is 23.3 Å². The monoisotopic (exact) mass is 327 g/mol. The number of aromatic nitrogens is 3. The molecule has 3 heterocycles. The van der Waals surface area contributed by atoms with Crippen LogP contribution in [-0.2, 0) is 6.42 Å². The fourth-order valence-electron chi connectivity index (χ4n) is 2.64. The lowest BCUT2D eigenvalue weighted by molar-refractivity contribution is 0.442. The van der Waals surface area contributed by atoms with Gasteiger partial charge in [-0.25, -0.2) is 15.4 Å². The zero-order valence-electron chi connectivity index (χ0n) is 12.5. The summed E-state index contributed by atoms with van der Waals surface area (Å²) in [7, 11) is 0. The van der Waals surface area contributed by atoms with Crippen molar-refractivity contribution in [3.63, 3.8) is 0 Å². The van der Waals surface area contributed by atoms with Crippen molar-refractivity contribution in [3.8, 4) is 0 Å². The lowest BCUT2D eigenvalue weighted by atomic mass is 10.1. The summed E-state index contributed by atoms with van der Waals surface area (Å²) >= 11 is 0. The number of anilines is 1. The highest BCUT2D eigenvalue weighted by molar-refractivity contribution is 5.38. The van der Waals surface area contributed by atoms with E-state index in [0.29, 0.717) is 24.0 Å². The van der Waals surface area contributed by atoms with Crippen molar-refractivity contribution >= 4 is 5.95 Å². The summed E-state index contributed by atoms with van der Waals surface area (Å²) in [6.07, 6.45) is 1.37. The van der Waals surface area contributed by atoms with E-state index >= 15 is 0 Å². The van der Waals surface area contributed by atoms with E-state index in [4.69, 9.17) is 15.7 Å². The standard InChI is InChI=1S/C15H14FN7O/c16-10-4-1-3-9(7-10)8-12-19-14(17)22-15(20-12)21-13(23(22)18)11-5-2-6-24-11/h1-7,13H,8,18H2,(H2,17,19,20,21). The van der Waals surface area contributed by atoms with Crippen LogP contribution in [0.25, 0.3) is 0 Å². The molecule has 0 spiro atoms. The van der Waals surface area contributed by atoms with Crippen LogP contribution in [0.2, 0.25) is 0 Å². The van der Waals surface area contributed by atoms with E-state index in [1.54, 1.807) is 30.5 Å². The fourth-order valence-corrected chi connectivity index (χ4v) is 2.64. The number of benzene rings is 1. The SMILES string of the molecule is N=c1nc(Cc2cccc(F)c2)nc2n1N(N)C(c1ccco1)N2. The van der Waals surface area contributed by atoms with Gasteiger partial charge < -0.3 is 9.73 Å². The van der Waals surface area contributed by atoms with Crippen molar-refractivity contribution in [2.75, 3.05) is 10.4 Å². The largest absolute Gasteiger partial charge is 0.465 e. The number of hydrogen-bond donors (Lipinski definition) is 3. The second-order valence-corrected chi connectivity index (χ2v) is 5.35. The molecule has 8 nitrogen and oxygen atoms in total. The van der Waals surface area contributed by atoms with Crippen LogP contribution in [0.5, 0.6) is 0 Å². The highest BCUT2D eigenvalue weighted by Gasteiger charge is 2.31. The molecule has 4 N–H and O–H groups in total. The Labute approximate surface area is 135 Å². The number of rotatable bonds is 3. The van der Waals surface area contributed by atoms with Gasteiger partial charge in [0, 0.05) is 6.42 Å². The van der Waals surface area contributed by atoms with Gasteiger partial charge in [-0.15, -0.1) is 0 Å².